The Balaban J connectivity index is 1.82. The van der Waals surface area contributed by atoms with E-state index < -0.39 is 11.7 Å². The first kappa shape index (κ1) is 21.4. The average Bonchev–Trinajstić information content (AvgIpc) is 3.16. The van der Waals surface area contributed by atoms with Gasteiger partial charge in [-0.15, -0.1) is 11.3 Å². The van der Waals surface area contributed by atoms with Gasteiger partial charge in [0.05, 0.1) is 11.1 Å². The molecule has 4 aromatic rings. The first-order valence-electron chi connectivity index (χ1n) is 9.61. The second-order valence-corrected chi connectivity index (χ2v) is 8.03. The summed E-state index contributed by atoms with van der Waals surface area (Å²) in [4.78, 5) is 4.74. The van der Waals surface area contributed by atoms with Crippen molar-refractivity contribution in [2.75, 3.05) is 11.1 Å². The zero-order chi connectivity index (χ0) is 22.7. The lowest BCUT2D eigenvalue weighted by Crippen LogP contribution is -2.04. The van der Waals surface area contributed by atoms with Gasteiger partial charge < -0.3 is 11.1 Å². The summed E-state index contributed by atoms with van der Waals surface area (Å²) < 4.78 is 39.1. The molecule has 4 nitrogen and oxygen atoms in total. The lowest BCUT2D eigenvalue weighted by molar-refractivity contribution is -0.137. The molecule has 0 aliphatic heterocycles. The van der Waals surface area contributed by atoms with Crippen LogP contribution in [0.25, 0.3) is 21.6 Å². The fourth-order valence-electron chi connectivity index (χ4n) is 3.33. The third kappa shape index (κ3) is 4.43. The number of hydrogen-bond acceptors (Lipinski definition) is 5. The fraction of sp³-hybridized carbons (Fsp3) is 0.0833. The van der Waals surface area contributed by atoms with Gasteiger partial charge in [0, 0.05) is 23.2 Å². The smallest absolute Gasteiger partial charge is 0.384 e. The van der Waals surface area contributed by atoms with E-state index in [1.807, 2.05) is 30.3 Å². The predicted molar refractivity (Wildman–Crippen MR) is 121 cm³/mol. The number of aromatic nitrogens is 1. The van der Waals surface area contributed by atoms with Crippen LogP contribution in [-0.2, 0) is 12.7 Å². The molecule has 0 atom stereocenters. The summed E-state index contributed by atoms with van der Waals surface area (Å²) in [5.74, 6) is 0.312. The Labute approximate surface area is 186 Å². The summed E-state index contributed by atoms with van der Waals surface area (Å²) in [7, 11) is 0. The number of nitriles is 1. The molecule has 2 aromatic heterocycles. The Bertz CT molecular complexity index is 1270. The Morgan fingerprint density at radius 1 is 1.00 bits per heavy atom. The molecular weight excluding hydrogens is 433 g/mol. The second-order valence-electron chi connectivity index (χ2n) is 7.01. The highest BCUT2D eigenvalue weighted by molar-refractivity contribution is 7.20. The summed E-state index contributed by atoms with van der Waals surface area (Å²) >= 11 is 1.36. The number of alkyl halides is 3. The molecule has 0 spiro atoms. The maximum absolute atomic E-state index is 13.0. The van der Waals surface area contributed by atoms with Crippen LogP contribution >= 0.6 is 11.3 Å². The van der Waals surface area contributed by atoms with Gasteiger partial charge in [-0.25, -0.2) is 4.98 Å². The monoisotopic (exact) mass is 450 g/mol. The van der Waals surface area contributed by atoms with Crippen molar-refractivity contribution in [3.05, 3.63) is 89.6 Å². The first-order chi connectivity index (χ1) is 15.4. The number of halogens is 3. The molecule has 3 N–H and O–H groups in total. The van der Waals surface area contributed by atoms with E-state index in [-0.39, 0.29) is 0 Å². The van der Waals surface area contributed by atoms with E-state index in [9.17, 15) is 18.4 Å². The molecule has 0 amide bonds. The minimum absolute atomic E-state index is 0.312. The average molecular weight is 450 g/mol. The number of pyridine rings is 1. The zero-order valence-electron chi connectivity index (χ0n) is 16.6. The Kier molecular flexibility index (Phi) is 5.84. The number of nitrogen functional groups attached to an aromatic ring is 1. The van der Waals surface area contributed by atoms with Crippen molar-refractivity contribution in [3.8, 4) is 27.6 Å². The minimum Gasteiger partial charge on any atom is -0.384 e. The number of thiophene rings is 1. The van der Waals surface area contributed by atoms with Crippen molar-refractivity contribution in [2.24, 2.45) is 0 Å². The zero-order valence-corrected chi connectivity index (χ0v) is 17.5. The number of rotatable bonds is 5. The van der Waals surface area contributed by atoms with Crippen molar-refractivity contribution < 1.29 is 13.2 Å². The van der Waals surface area contributed by atoms with Gasteiger partial charge in [-0.3, -0.25) is 0 Å². The molecule has 8 heteroatoms. The second kappa shape index (κ2) is 8.73. The van der Waals surface area contributed by atoms with E-state index in [1.54, 1.807) is 18.3 Å². The van der Waals surface area contributed by atoms with E-state index in [2.05, 4.69) is 16.4 Å². The minimum atomic E-state index is -4.43. The van der Waals surface area contributed by atoms with Crippen LogP contribution in [0.4, 0.5) is 24.0 Å². The normalized spacial score (nSPS) is 11.2. The number of hydrogen-bond donors (Lipinski definition) is 2. The van der Waals surface area contributed by atoms with Gasteiger partial charge in [-0.2, -0.15) is 18.4 Å². The van der Waals surface area contributed by atoms with Crippen molar-refractivity contribution in [2.45, 2.75) is 12.7 Å². The topological polar surface area (TPSA) is 74.7 Å². The molecule has 2 heterocycles. The van der Waals surface area contributed by atoms with Crippen molar-refractivity contribution in [3.63, 3.8) is 0 Å². The molecule has 32 heavy (non-hydrogen) atoms. The first-order valence-corrected chi connectivity index (χ1v) is 10.4. The van der Waals surface area contributed by atoms with Gasteiger partial charge in [-0.1, -0.05) is 42.5 Å². The SMILES string of the molecule is N#Cc1c(NCc2ccccc2)sc(-c2ccnc(N)c2)c1-c1ccc(C(F)(F)F)cc1. The third-order valence-corrected chi connectivity index (χ3v) is 6.06. The molecule has 0 bridgehead atoms. The molecule has 0 radical (unpaired) electrons. The molecule has 0 aliphatic carbocycles. The Morgan fingerprint density at radius 3 is 2.34 bits per heavy atom. The predicted octanol–water partition coefficient (Wildman–Crippen LogP) is 6.56. The molecule has 4 rings (SSSR count). The van der Waals surface area contributed by atoms with Crippen molar-refractivity contribution >= 4 is 22.2 Å². The summed E-state index contributed by atoms with van der Waals surface area (Å²) in [6, 6.07) is 20.2. The third-order valence-electron chi connectivity index (χ3n) is 4.86. The van der Waals surface area contributed by atoms with Crippen LogP contribution < -0.4 is 11.1 Å². The number of nitrogens with one attached hydrogen (secondary N) is 1. The van der Waals surface area contributed by atoms with E-state index in [0.717, 1.165) is 28.1 Å². The van der Waals surface area contributed by atoms with E-state index >= 15 is 0 Å². The molecule has 0 aliphatic rings. The number of nitrogens with zero attached hydrogens (tertiary/aromatic N) is 2. The van der Waals surface area contributed by atoms with Crippen molar-refractivity contribution in [1.29, 1.82) is 5.26 Å². The summed E-state index contributed by atoms with van der Waals surface area (Å²) in [6.45, 7) is 0.500. The molecular formula is C24H17F3N4S. The maximum Gasteiger partial charge on any atom is 0.416 e. The summed E-state index contributed by atoms with van der Waals surface area (Å²) in [5, 5.41) is 13.9. The van der Waals surface area contributed by atoms with Crippen LogP contribution in [0.3, 0.4) is 0 Å². The van der Waals surface area contributed by atoms with Crippen LogP contribution in [0.1, 0.15) is 16.7 Å². The summed E-state index contributed by atoms with van der Waals surface area (Å²) in [6.07, 6.45) is -2.87. The Hall–Kier alpha value is -3.83. The van der Waals surface area contributed by atoms with Gasteiger partial charge in [0.2, 0.25) is 0 Å². The van der Waals surface area contributed by atoms with E-state index in [0.29, 0.717) is 34.1 Å². The van der Waals surface area contributed by atoms with Gasteiger partial charge in [-0.05, 0) is 41.0 Å². The maximum atomic E-state index is 13.0. The molecule has 0 unspecified atom stereocenters. The van der Waals surface area contributed by atoms with Crippen LogP contribution in [0.2, 0.25) is 0 Å². The lowest BCUT2D eigenvalue weighted by atomic mass is 9.97. The van der Waals surface area contributed by atoms with Gasteiger partial charge in [0.15, 0.2) is 0 Å². The number of nitrogens with two attached hydrogens (primary N) is 1. The van der Waals surface area contributed by atoms with Crippen molar-refractivity contribution in [1.82, 2.24) is 4.98 Å². The lowest BCUT2D eigenvalue weighted by Gasteiger charge is -2.09. The van der Waals surface area contributed by atoms with Crippen LogP contribution in [0, 0.1) is 11.3 Å². The van der Waals surface area contributed by atoms with Gasteiger partial charge in [0.1, 0.15) is 16.9 Å². The van der Waals surface area contributed by atoms with Gasteiger partial charge >= 0.3 is 6.18 Å². The molecule has 0 saturated carbocycles. The molecule has 0 fully saturated rings. The van der Waals surface area contributed by atoms with Crippen LogP contribution in [-0.4, -0.2) is 4.98 Å². The van der Waals surface area contributed by atoms with Crippen LogP contribution in [0.5, 0.6) is 0 Å². The number of anilines is 2. The van der Waals surface area contributed by atoms with Gasteiger partial charge in [0.25, 0.3) is 0 Å². The quantitative estimate of drug-likeness (QED) is 0.361. The highest BCUT2D eigenvalue weighted by Crippen LogP contribution is 2.46. The highest BCUT2D eigenvalue weighted by atomic mass is 32.1. The van der Waals surface area contributed by atoms with E-state index in [4.69, 9.17) is 5.73 Å². The molecule has 160 valence electrons. The molecule has 2 aromatic carbocycles. The largest absolute Gasteiger partial charge is 0.416 e. The fourth-order valence-corrected chi connectivity index (χ4v) is 4.50. The summed E-state index contributed by atoms with van der Waals surface area (Å²) in [5.41, 5.74) is 8.34. The van der Waals surface area contributed by atoms with Crippen LogP contribution in [0.15, 0.2) is 72.9 Å². The standard InChI is InChI=1S/C24H17F3N4S/c25-24(26,27)18-8-6-16(7-9-18)21-19(13-28)23(31-14-15-4-2-1-3-5-15)32-22(21)17-10-11-30-20(29)12-17/h1-12,31H,14H2,(H2,29,30). The molecule has 0 saturated heterocycles. The highest BCUT2D eigenvalue weighted by Gasteiger charge is 2.30. The Morgan fingerprint density at radius 2 is 1.72 bits per heavy atom. The number of benzene rings is 2. The van der Waals surface area contributed by atoms with E-state index in [1.165, 1.54) is 23.5 Å².